The van der Waals surface area contributed by atoms with Crippen LogP contribution in [-0.4, -0.2) is 64.1 Å². The number of hydrogen-bond donors (Lipinski definition) is 2. The number of amides is 2. The first-order valence-electron chi connectivity index (χ1n) is 10.0. The molecule has 2 N–H and O–H groups in total. The lowest BCUT2D eigenvalue weighted by Gasteiger charge is -2.23. The Labute approximate surface area is 189 Å². The van der Waals surface area contributed by atoms with Gasteiger partial charge in [-0.15, -0.1) is 0 Å². The first-order valence-corrected chi connectivity index (χ1v) is 11.4. The zero-order valence-electron chi connectivity index (χ0n) is 17.7. The van der Waals surface area contributed by atoms with Gasteiger partial charge in [0.2, 0.25) is 10.0 Å². The molecule has 1 fully saturated rings. The van der Waals surface area contributed by atoms with Gasteiger partial charge in [-0.2, -0.15) is 4.31 Å². The molecule has 0 saturated carbocycles. The molecule has 1 aliphatic heterocycles. The Morgan fingerprint density at radius 3 is 2.64 bits per heavy atom. The highest BCUT2D eigenvalue weighted by atomic mass is 32.2. The number of nitrogens with one attached hydrogen (secondary N) is 2. The van der Waals surface area contributed by atoms with Gasteiger partial charge in [-0.25, -0.2) is 17.2 Å². The Morgan fingerprint density at radius 1 is 1.15 bits per heavy atom. The van der Waals surface area contributed by atoms with E-state index >= 15 is 0 Å². The first-order chi connectivity index (χ1) is 15.7. The van der Waals surface area contributed by atoms with Gasteiger partial charge >= 0.3 is 11.8 Å². The van der Waals surface area contributed by atoms with E-state index in [0.717, 1.165) is 15.9 Å². The largest absolute Gasteiger partial charge is 0.496 e. The molecule has 3 rings (SSSR count). The number of rotatable bonds is 8. The summed E-state index contributed by atoms with van der Waals surface area (Å²) in [5.41, 5.74) is 0.852. The van der Waals surface area contributed by atoms with Crippen LogP contribution in [0.4, 0.5) is 8.78 Å². The summed E-state index contributed by atoms with van der Waals surface area (Å²) in [6.45, 7) is -0.313. The second kappa shape index (κ2) is 10.7. The zero-order chi connectivity index (χ0) is 24.0. The van der Waals surface area contributed by atoms with Crippen LogP contribution in [0.5, 0.6) is 5.75 Å². The zero-order valence-corrected chi connectivity index (χ0v) is 18.5. The molecule has 1 saturated heterocycles. The lowest BCUT2D eigenvalue weighted by atomic mass is 10.1. The van der Waals surface area contributed by atoms with Gasteiger partial charge in [-0.3, -0.25) is 9.59 Å². The molecule has 0 aromatic heterocycles. The molecule has 0 radical (unpaired) electrons. The van der Waals surface area contributed by atoms with Crippen molar-refractivity contribution in [1.29, 1.82) is 0 Å². The van der Waals surface area contributed by atoms with Crippen molar-refractivity contribution in [3.8, 4) is 5.75 Å². The van der Waals surface area contributed by atoms with Crippen LogP contribution < -0.4 is 15.4 Å². The summed E-state index contributed by atoms with van der Waals surface area (Å²) in [5, 5.41) is 4.77. The predicted molar refractivity (Wildman–Crippen MR) is 113 cm³/mol. The first kappa shape index (κ1) is 24.6. The number of methoxy groups -OCH3 is 1. The van der Waals surface area contributed by atoms with E-state index in [4.69, 9.17) is 9.47 Å². The second-order valence-corrected chi connectivity index (χ2v) is 8.90. The summed E-state index contributed by atoms with van der Waals surface area (Å²) >= 11 is 0. The minimum Gasteiger partial charge on any atom is -0.496 e. The fourth-order valence-electron chi connectivity index (χ4n) is 3.30. The highest BCUT2D eigenvalue weighted by Gasteiger charge is 2.38. The van der Waals surface area contributed by atoms with Crippen molar-refractivity contribution in [1.82, 2.24) is 14.9 Å². The van der Waals surface area contributed by atoms with Crippen molar-refractivity contribution in [2.24, 2.45) is 0 Å². The molecule has 1 aliphatic rings. The van der Waals surface area contributed by atoms with Crippen LogP contribution in [0.15, 0.2) is 47.4 Å². The molecule has 0 unspecified atom stereocenters. The quantitative estimate of drug-likeness (QED) is 0.537. The predicted octanol–water partition coefficient (Wildman–Crippen LogP) is 0.796. The Hall–Kier alpha value is -3.09. The molecule has 2 aromatic carbocycles. The summed E-state index contributed by atoms with van der Waals surface area (Å²) in [7, 11) is -2.90. The molecule has 9 nitrogen and oxygen atoms in total. The smallest absolute Gasteiger partial charge is 0.309 e. The van der Waals surface area contributed by atoms with Crippen molar-refractivity contribution in [2.75, 3.05) is 33.4 Å². The molecular formula is C21H23F2N3O6S. The van der Waals surface area contributed by atoms with Crippen LogP contribution in [0, 0.1) is 11.6 Å². The molecule has 178 valence electrons. The fraction of sp³-hybridized carbons (Fsp3) is 0.333. The van der Waals surface area contributed by atoms with E-state index in [1.54, 1.807) is 6.07 Å². The van der Waals surface area contributed by atoms with Gasteiger partial charge in [-0.05, 0) is 36.2 Å². The number of ether oxygens (including phenoxy) is 2. The Bertz CT molecular complexity index is 1130. The van der Waals surface area contributed by atoms with Crippen LogP contribution >= 0.6 is 0 Å². The molecule has 33 heavy (non-hydrogen) atoms. The maximum absolute atomic E-state index is 14.0. The van der Waals surface area contributed by atoms with Crippen molar-refractivity contribution >= 4 is 21.8 Å². The number of sulfonamides is 1. The van der Waals surface area contributed by atoms with Gasteiger partial charge in [0, 0.05) is 13.1 Å². The van der Waals surface area contributed by atoms with E-state index < -0.39 is 44.6 Å². The van der Waals surface area contributed by atoms with Crippen LogP contribution in [0.3, 0.4) is 0 Å². The molecule has 2 aromatic rings. The minimum absolute atomic E-state index is 0.0121. The van der Waals surface area contributed by atoms with Crippen molar-refractivity contribution < 1.29 is 36.3 Å². The third kappa shape index (κ3) is 5.83. The molecule has 1 heterocycles. The maximum Gasteiger partial charge on any atom is 0.309 e. The van der Waals surface area contributed by atoms with Crippen molar-refractivity contribution in [2.45, 2.75) is 17.5 Å². The van der Waals surface area contributed by atoms with Gasteiger partial charge in [0.25, 0.3) is 0 Å². The number of benzene rings is 2. The number of carbonyl (C=O) groups excluding carboxylic acids is 2. The number of para-hydroxylation sites is 1. The molecule has 1 atom stereocenters. The van der Waals surface area contributed by atoms with Crippen molar-refractivity contribution in [3.05, 3.63) is 59.7 Å². The van der Waals surface area contributed by atoms with E-state index in [1.165, 1.54) is 7.11 Å². The molecule has 2 amide bonds. The summed E-state index contributed by atoms with van der Waals surface area (Å²) < 4.78 is 64.3. The molecule has 12 heteroatoms. The van der Waals surface area contributed by atoms with Gasteiger partial charge in [-0.1, -0.05) is 18.2 Å². The van der Waals surface area contributed by atoms with Gasteiger partial charge < -0.3 is 20.1 Å². The monoisotopic (exact) mass is 483 g/mol. The topological polar surface area (TPSA) is 114 Å². The van der Waals surface area contributed by atoms with E-state index in [0.29, 0.717) is 24.3 Å². The average molecular weight is 483 g/mol. The molecule has 0 bridgehead atoms. The third-order valence-corrected chi connectivity index (χ3v) is 6.84. The average Bonchev–Trinajstić information content (AvgIpc) is 3.29. The van der Waals surface area contributed by atoms with Crippen LogP contribution in [0.25, 0.3) is 0 Å². The van der Waals surface area contributed by atoms with E-state index in [2.05, 4.69) is 10.6 Å². The third-order valence-electron chi connectivity index (χ3n) is 4.94. The highest BCUT2D eigenvalue weighted by Crippen LogP contribution is 2.25. The lowest BCUT2D eigenvalue weighted by molar-refractivity contribution is -0.139. The van der Waals surface area contributed by atoms with E-state index in [9.17, 15) is 26.8 Å². The highest BCUT2D eigenvalue weighted by molar-refractivity contribution is 7.89. The maximum atomic E-state index is 14.0. The molecular weight excluding hydrogens is 460 g/mol. The molecule has 0 aliphatic carbocycles. The summed E-state index contributed by atoms with van der Waals surface area (Å²) in [6.07, 6.45) is -0.747. The second-order valence-electron chi connectivity index (χ2n) is 7.04. The van der Waals surface area contributed by atoms with Crippen LogP contribution in [0.1, 0.15) is 5.56 Å². The van der Waals surface area contributed by atoms with Crippen LogP contribution in [0.2, 0.25) is 0 Å². The number of halogens is 2. The SMILES string of the molecule is COc1ccccc1CCNC(=O)C(=O)NC[C@H]1OCCN1S(=O)(=O)c1cc(F)ccc1F. The Morgan fingerprint density at radius 2 is 1.88 bits per heavy atom. The van der Waals surface area contributed by atoms with E-state index in [-0.39, 0.29) is 26.2 Å². The standard InChI is InChI=1S/C21H23F2N3O6S/c1-31-17-5-3-2-4-14(17)8-9-24-20(27)21(28)25-13-19-26(10-11-32-19)33(29,30)18-12-15(22)6-7-16(18)23/h2-7,12,19H,8-11,13H2,1H3,(H,24,27)(H,25,28)/t19-/m1/s1. The van der Waals surface area contributed by atoms with Gasteiger partial charge in [0.1, 0.15) is 28.5 Å². The van der Waals surface area contributed by atoms with Crippen molar-refractivity contribution in [3.63, 3.8) is 0 Å². The Kier molecular flexibility index (Phi) is 7.95. The number of nitrogens with zero attached hydrogens (tertiary/aromatic N) is 1. The fourth-order valence-corrected chi connectivity index (χ4v) is 4.89. The molecule has 0 spiro atoms. The Balaban J connectivity index is 1.54. The summed E-state index contributed by atoms with van der Waals surface area (Å²) in [5.74, 6) is -3.26. The van der Waals surface area contributed by atoms with Crippen LogP contribution in [-0.2, 0) is 30.8 Å². The normalized spacial score (nSPS) is 16.4. The lowest BCUT2D eigenvalue weighted by Crippen LogP contribution is -2.47. The minimum atomic E-state index is -4.43. The number of carbonyl (C=O) groups is 2. The van der Waals surface area contributed by atoms with E-state index in [1.807, 2.05) is 18.2 Å². The summed E-state index contributed by atoms with van der Waals surface area (Å²) in [4.78, 5) is 23.3. The number of hydrogen-bond acceptors (Lipinski definition) is 6. The van der Waals surface area contributed by atoms with Gasteiger partial charge in [0.15, 0.2) is 0 Å². The summed E-state index contributed by atoms with van der Waals surface area (Å²) in [6, 6.07) is 9.34. The van der Waals surface area contributed by atoms with Gasteiger partial charge in [0.05, 0.1) is 20.3 Å².